The average molecular weight is 584 g/mol. The maximum atomic E-state index is 5.29. The Balaban J connectivity index is 0.000000150. The van der Waals surface area contributed by atoms with E-state index in [4.69, 9.17) is 4.74 Å². The molecule has 2 aromatic carbocycles. The third kappa shape index (κ3) is 3.80. The van der Waals surface area contributed by atoms with Gasteiger partial charge >= 0.3 is 20.1 Å². The summed E-state index contributed by atoms with van der Waals surface area (Å²) in [5.74, 6) is 0.942. The number of imidazole rings is 1. The molecule has 6 heteroatoms. The first-order chi connectivity index (χ1) is 14.7. The Morgan fingerprint density at radius 1 is 0.968 bits per heavy atom. The fraction of sp³-hybridized carbons (Fsp3) is 0.0800. The second-order valence-corrected chi connectivity index (χ2v) is 6.96. The largest absolute Gasteiger partial charge is 3.00 e. The van der Waals surface area contributed by atoms with Crippen molar-refractivity contribution in [2.45, 2.75) is 13.8 Å². The molecule has 1 aliphatic rings. The van der Waals surface area contributed by atoms with E-state index in [2.05, 4.69) is 38.6 Å². The van der Waals surface area contributed by atoms with Crippen LogP contribution in [0.5, 0.6) is 0 Å². The maximum absolute atomic E-state index is 5.29. The van der Waals surface area contributed by atoms with Crippen molar-refractivity contribution in [2.75, 3.05) is 4.90 Å². The minimum atomic E-state index is 0. The molecule has 0 unspecified atom stereocenters. The first-order valence-electron chi connectivity index (χ1n) is 9.66. The van der Waals surface area contributed by atoms with Gasteiger partial charge in [-0.15, -0.1) is 35.3 Å². The quantitative estimate of drug-likeness (QED) is 0.192. The van der Waals surface area contributed by atoms with Crippen LogP contribution in [-0.4, -0.2) is 14.4 Å². The second-order valence-electron chi connectivity index (χ2n) is 6.96. The van der Waals surface area contributed by atoms with E-state index in [1.807, 2.05) is 79.9 Å². The van der Waals surface area contributed by atoms with Crippen molar-refractivity contribution in [2.24, 2.45) is 0 Å². The van der Waals surface area contributed by atoms with Crippen LogP contribution in [0.1, 0.15) is 13.8 Å². The van der Waals surface area contributed by atoms with E-state index in [9.17, 15) is 0 Å². The molecule has 0 saturated carbocycles. The van der Waals surface area contributed by atoms with Crippen molar-refractivity contribution in [3.8, 4) is 0 Å². The Hall–Kier alpha value is -3.21. The van der Waals surface area contributed by atoms with Crippen molar-refractivity contribution in [3.63, 3.8) is 0 Å². The SMILES string of the molecule is CC1=C(C)N(c2[c-]cccc2)[CH-]O1.[Ir+3].[c-]1cccc2c1c1ncccc1n1cncc21. The molecule has 4 heterocycles. The number of allylic oxidation sites excluding steroid dienone is 2. The summed E-state index contributed by atoms with van der Waals surface area (Å²) < 4.78 is 7.36. The monoisotopic (exact) mass is 584 g/mol. The van der Waals surface area contributed by atoms with Gasteiger partial charge < -0.3 is 19.0 Å². The number of para-hydroxylation sites is 1. The molecule has 0 aliphatic carbocycles. The molecule has 5 aromatic rings. The normalized spacial score (nSPS) is 13.2. The number of ether oxygens (including phenoxy) is 1. The summed E-state index contributed by atoms with van der Waals surface area (Å²) in [6, 6.07) is 24.2. The predicted octanol–water partition coefficient (Wildman–Crippen LogP) is 5.53. The van der Waals surface area contributed by atoms with E-state index in [0.29, 0.717) is 0 Å². The van der Waals surface area contributed by atoms with Crippen LogP contribution < -0.4 is 4.90 Å². The summed E-state index contributed by atoms with van der Waals surface area (Å²) in [7, 11) is 0. The molecule has 0 amide bonds. The van der Waals surface area contributed by atoms with E-state index in [-0.39, 0.29) is 20.1 Å². The molecule has 0 saturated heterocycles. The topological polar surface area (TPSA) is 42.7 Å². The Bertz CT molecular complexity index is 1310. The number of hydrogen-bond donors (Lipinski definition) is 0. The van der Waals surface area contributed by atoms with Crippen molar-refractivity contribution in [3.05, 3.63) is 104 Å². The fourth-order valence-electron chi connectivity index (χ4n) is 3.55. The van der Waals surface area contributed by atoms with Crippen LogP contribution >= 0.6 is 0 Å². The number of hydrogen-bond acceptors (Lipinski definition) is 4. The summed E-state index contributed by atoms with van der Waals surface area (Å²) in [6.45, 7) is 5.69. The molecule has 31 heavy (non-hydrogen) atoms. The van der Waals surface area contributed by atoms with E-state index in [1.54, 1.807) is 6.73 Å². The minimum Gasteiger partial charge on any atom is -0.643 e. The van der Waals surface area contributed by atoms with E-state index in [0.717, 1.165) is 44.5 Å². The summed E-state index contributed by atoms with van der Waals surface area (Å²) in [5, 5.41) is 2.19. The molecule has 0 fully saturated rings. The summed E-state index contributed by atoms with van der Waals surface area (Å²) >= 11 is 0. The fourth-order valence-corrected chi connectivity index (χ4v) is 3.55. The molecule has 0 N–H and O–H groups in total. The van der Waals surface area contributed by atoms with Crippen molar-refractivity contribution in [1.29, 1.82) is 0 Å². The van der Waals surface area contributed by atoms with Crippen LogP contribution in [0.2, 0.25) is 0 Å². The maximum Gasteiger partial charge on any atom is 3.00 e. The van der Waals surface area contributed by atoms with Crippen molar-refractivity contribution >= 4 is 33.0 Å². The molecule has 3 aromatic heterocycles. The van der Waals surface area contributed by atoms with Gasteiger partial charge in [0, 0.05) is 34.6 Å². The number of fused-ring (bicyclic) bond motifs is 6. The Labute approximate surface area is 194 Å². The number of pyridine rings is 2. The van der Waals surface area contributed by atoms with Gasteiger partial charge in [0.1, 0.15) is 0 Å². The smallest absolute Gasteiger partial charge is 0.643 e. The van der Waals surface area contributed by atoms with Gasteiger partial charge in [-0.25, -0.2) is 4.98 Å². The first-order valence-corrected chi connectivity index (χ1v) is 9.66. The predicted molar refractivity (Wildman–Crippen MR) is 118 cm³/mol. The van der Waals surface area contributed by atoms with Crippen LogP contribution in [0.15, 0.2) is 84.8 Å². The van der Waals surface area contributed by atoms with Crippen molar-refractivity contribution in [1.82, 2.24) is 14.4 Å². The molecule has 6 rings (SSSR count). The number of rotatable bonds is 1. The van der Waals surface area contributed by atoms with Crippen LogP contribution in [0.3, 0.4) is 0 Å². The van der Waals surface area contributed by atoms with Gasteiger partial charge in [-0.3, -0.25) is 0 Å². The standard InChI is InChI=1S/C14H8N3.C11H11NO.Ir/c1-2-5-11-10(4-1)13-8-15-9-17(13)12-6-3-7-16-14(11)12;1-9-10(2)13-8-12(9)11-6-4-3-5-7-11;/h1-4,6-9H;3-6,8H,1-2H3;/q-1;-2;+3. The number of nitrogens with zero attached hydrogens (tertiary/aromatic N) is 4. The van der Waals surface area contributed by atoms with Gasteiger partial charge in [0.25, 0.3) is 0 Å². The van der Waals surface area contributed by atoms with Gasteiger partial charge in [0.05, 0.1) is 12.1 Å². The number of anilines is 1. The van der Waals surface area contributed by atoms with Gasteiger partial charge in [-0.1, -0.05) is 12.1 Å². The van der Waals surface area contributed by atoms with Gasteiger partial charge in [0.2, 0.25) is 0 Å². The van der Waals surface area contributed by atoms with Crippen LogP contribution in [0.25, 0.3) is 27.3 Å². The first kappa shape index (κ1) is 21.0. The molecule has 154 valence electrons. The summed E-state index contributed by atoms with van der Waals surface area (Å²) in [4.78, 5) is 10.7. The van der Waals surface area contributed by atoms with Crippen molar-refractivity contribution < 1.29 is 24.8 Å². The molecular formula is C25H19IrN4O. The molecule has 5 nitrogen and oxygen atoms in total. The number of aromatic nitrogens is 3. The number of benzene rings is 2. The van der Waals surface area contributed by atoms with Crippen LogP contribution in [0.4, 0.5) is 5.69 Å². The third-order valence-electron chi connectivity index (χ3n) is 5.21. The van der Waals surface area contributed by atoms with Gasteiger partial charge in [-0.05, 0) is 26.0 Å². The van der Waals surface area contributed by atoms with Crippen LogP contribution in [0, 0.1) is 18.9 Å². The van der Waals surface area contributed by atoms with E-state index in [1.165, 1.54) is 0 Å². The van der Waals surface area contributed by atoms with E-state index >= 15 is 0 Å². The van der Waals surface area contributed by atoms with Crippen LogP contribution in [-0.2, 0) is 24.8 Å². The molecule has 0 radical (unpaired) electrons. The molecule has 1 aliphatic heterocycles. The second kappa shape index (κ2) is 8.88. The molecule has 0 bridgehead atoms. The zero-order valence-corrected chi connectivity index (χ0v) is 19.4. The molecular weight excluding hydrogens is 565 g/mol. The minimum absolute atomic E-state index is 0. The summed E-state index contributed by atoms with van der Waals surface area (Å²) in [5.41, 5.74) is 5.25. The van der Waals surface area contributed by atoms with E-state index < -0.39 is 0 Å². The zero-order valence-electron chi connectivity index (χ0n) is 17.0. The zero-order chi connectivity index (χ0) is 20.5. The molecule has 0 atom stereocenters. The van der Waals surface area contributed by atoms with Gasteiger partial charge in [-0.2, -0.15) is 30.3 Å². The Kier molecular flexibility index (Phi) is 6.03. The summed E-state index contributed by atoms with van der Waals surface area (Å²) in [6.07, 6.45) is 5.51. The van der Waals surface area contributed by atoms with Gasteiger partial charge in [0.15, 0.2) is 0 Å². The Morgan fingerprint density at radius 3 is 2.61 bits per heavy atom. The molecule has 0 spiro atoms. The third-order valence-corrected chi connectivity index (χ3v) is 5.21. The Morgan fingerprint density at radius 2 is 1.84 bits per heavy atom. The average Bonchev–Trinajstić information content (AvgIpc) is 3.43.